The lowest BCUT2D eigenvalue weighted by Crippen LogP contribution is -2.51. The molecule has 1 fully saturated rings. The minimum atomic E-state index is -3.91. The Balaban J connectivity index is 1.99. The molecule has 1 aromatic carbocycles. The third-order valence-electron chi connectivity index (χ3n) is 4.51. The summed E-state index contributed by atoms with van der Waals surface area (Å²) in [4.78, 5) is 13.5. The molecule has 1 amide bonds. The number of amides is 1. The Labute approximate surface area is 176 Å². The van der Waals surface area contributed by atoms with Crippen molar-refractivity contribution >= 4 is 49.0 Å². The first-order chi connectivity index (χ1) is 13.1. The van der Waals surface area contributed by atoms with E-state index >= 15 is 0 Å². The van der Waals surface area contributed by atoms with Crippen molar-refractivity contribution in [2.75, 3.05) is 37.7 Å². The van der Waals surface area contributed by atoms with Crippen molar-refractivity contribution in [3.63, 3.8) is 0 Å². The fourth-order valence-electron chi connectivity index (χ4n) is 2.96. The van der Waals surface area contributed by atoms with Gasteiger partial charge in [0.15, 0.2) is 9.84 Å². The Kier molecular flexibility index (Phi) is 8.16. The molecule has 0 bridgehead atoms. The van der Waals surface area contributed by atoms with Crippen LogP contribution in [-0.4, -0.2) is 69.6 Å². The lowest BCUT2D eigenvalue weighted by Gasteiger charge is -2.34. The van der Waals surface area contributed by atoms with E-state index in [0.717, 1.165) is 12.8 Å². The van der Waals surface area contributed by atoms with E-state index in [1.54, 1.807) is 6.07 Å². The summed E-state index contributed by atoms with van der Waals surface area (Å²) in [5, 5.41) is 0.0633. The molecule has 0 atom stereocenters. The van der Waals surface area contributed by atoms with E-state index in [0.29, 0.717) is 6.42 Å². The Morgan fingerprint density at radius 1 is 1.00 bits per heavy atom. The van der Waals surface area contributed by atoms with E-state index in [9.17, 15) is 21.6 Å². The van der Waals surface area contributed by atoms with Crippen LogP contribution in [-0.2, 0) is 24.7 Å². The van der Waals surface area contributed by atoms with Crippen LogP contribution >= 0.6 is 23.2 Å². The molecular formula is C17H24Cl2N2O5S2. The van der Waals surface area contributed by atoms with Crippen molar-refractivity contribution in [3.8, 4) is 0 Å². The van der Waals surface area contributed by atoms with Crippen molar-refractivity contribution in [2.24, 2.45) is 0 Å². The van der Waals surface area contributed by atoms with Crippen molar-refractivity contribution in [1.82, 2.24) is 9.21 Å². The van der Waals surface area contributed by atoms with Gasteiger partial charge in [-0.2, -0.15) is 4.31 Å². The van der Waals surface area contributed by atoms with Crippen molar-refractivity contribution < 1.29 is 21.6 Å². The smallest absolute Gasteiger partial charge is 0.246 e. The molecule has 0 N–H and O–H groups in total. The lowest BCUT2D eigenvalue weighted by atomic mass is 10.3. The van der Waals surface area contributed by atoms with Gasteiger partial charge in [0.25, 0.3) is 0 Å². The molecule has 158 valence electrons. The van der Waals surface area contributed by atoms with Gasteiger partial charge < -0.3 is 4.90 Å². The van der Waals surface area contributed by atoms with Crippen LogP contribution in [0.5, 0.6) is 0 Å². The summed E-state index contributed by atoms with van der Waals surface area (Å²) in [6.45, 7) is 2.30. The molecule has 1 aliphatic rings. The fraction of sp³-hybridized carbons (Fsp3) is 0.588. The lowest BCUT2D eigenvalue weighted by molar-refractivity contribution is -0.129. The summed E-state index contributed by atoms with van der Waals surface area (Å²) in [6, 6.07) is 4.45. The van der Waals surface area contributed by atoms with Gasteiger partial charge in [0, 0.05) is 26.2 Å². The predicted molar refractivity (Wildman–Crippen MR) is 110 cm³/mol. The molecule has 0 spiro atoms. The molecule has 7 nitrogen and oxygen atoms in total. The van der Waals surface area contributed by atoms with Gasteiger partial charge in [-0.1, -0.05) is 49.0 Å². The molecule has 11 heteroatoms. The SMILES string of the molecule is CCCCCS(=O)(=O)CC(=O)N1CCN(S(=O)(=O)c2c(Cl)cccc2Cl)CC1. The number of hydrogen-bond donors (Lipinski definition) is 0. The van der Waals surface area contributed by atoms with Gasteiger partial charge in [-0.25, -0.2) is 16.8 Å². The minimum absolute atomic E-state index is 0.00801. The number of unbranched alkanes of at least 4 members (excludes halogenated alkanes) is 2. The maximum absolute atomic E-state index is 12.8. The van der Waals surface area contributed by atoms with E-state index in [4.69, 9.17) is 23.2 Å². The monoisotopic (exact) mass is 470 g/mol. The average molecular weight is 471 g/mol. The van der Waals surface area contributed by atoms with E-state index in [-0.39, 0.29) is 46.9 Å². The zero-order valence-electron chi connectivity index (χ0n) is 15.6. The Morgan fingerprint density at radius 3 is 2.11 bits per heavy atom. The maximum atomic E-state index is 12.8. The first kappa shape index (κ1) is 23.4. The Bertz CT molecular complexity index is 891. The van der Waals surface area contributed by atoms with Gasteiger partial charge in [-0.15, -0.1) is 0 Å². The normalized spacial score (nSPS) is 16.3. The molecule has 0 radical (unpaired) electrons. The first-order valence-corrected chi connectivity index (χ1v) is 13.0. The molecule has 1 aliphatic heterocycles. The highest BCUT2D eigenvalue weighted by Gasteiger charge is 2.33. The molecule has 0 aliphatic carbocycles. The van der Waals surface area contributed by atoms with Crippen molar-refractivity contribution in [2.45, 2.75) is 31.1 Å². The van der Waals surface area contributed by atoms with Crippen LogP contribution in [0.4, 0.5) is 0 Å². The topological polar surface area (TPSA) is 91.8 Å². The Morgan fingerprint density at radius 2 is 1.57 bits per heavy atom. The van der Waals surface area contributed by atoms with Crippen molar-refractivity contribution in [1.29, 1.82) is 0 Å². The Hall–Kier alpha value is -0.870. The molecule has 1 saturated heterocycles. The molecule has 1 aromatic rings. The van der Waals surface area contributed by atoms with Gasteiger partial charge in [0.05, 0.1) is 15.8 Å². The summed E-state index contributed by atoms with van der Waals surface area (Å²) >= 11 is 12.0. The summed E-state index contributed by atoms with van der Waals surface area (Å²) in [6.07, 6.45) is 2.24. The van der Waals surface area contributed by atoms with Crippen LogP contribution in [0.3, 0.4) is 0 Å². The first-order valence-electron chi connectivity index (χ1n) is 9.01. The van der Waals surface area contributed by atoms with Crippen LogP contribution in [0, 0.1) is 0 Å². The quantitative estimate of drug-likeness (QED) is 0.543. The average Bonchev–Trinajstić information content (AvgIpc) is 2.61. The molecule has 1 heterocycles. The second kappa shape index (κ2) is 9.75. The van der Waals surface area contributed by atoms with Crippen LogP contribution in [0.15, 0.2) is 23.1 Å². The van der Waals surface area contributed by atoms with Crippen LogP contribution in [0.25, 0.3) is 0 Å². The second-order valence-electron chi connectivity index (χ2n) is 6.63. The van der Waals surface area contributed by atoms with Crippen molar-refractivity contribution in [3.05, 3.63) is 28.2 Å². The number of piperazine rings is 1. The number of rotatable bonds is 8. The molecule has 0 aromatic heterocycles. The van der Waals surface area contributed by atoms with E-state index in [1.165, 1.54) is 21.3 Å². The number of benzene rings is 1. The third kappa shape index (κ3) is 5.82. The van der Waals surface area contributed by atoms with Crippen LogP contribution in [0.2, 0.25) is 10.0 Å². The number of halogens is 2. The van der Waals surface area contributed by atoms with E-state index < -0.39 is 31.5 Å². The van der Waals surface area contributed by atoms with Gasteiger partial charge >= 0.3 is 0 Å². The zero-order chi connectivity index (χ0) is 20.9. The summed E-state index contributed by atoms with van der Waals surface area (Å²) in [7, 11) is -7.37. The highest BCUT2D eigenvalue weighted by Crippen LogP contribution is 2.31. The highest BCUT2D eigenvalue weighted by atomic mass is 35.5. The summed E-state index contributed by atoms with van der Waals surface area (Å²) in [5.74, 6) is -1.05. The molecule has 0 unspecified atom stereocenters. The maximum Gasteiger partial charge on any atom is 0.246 e. The number of sulfone groups is 1. The minimum Gasteiger partial charge on any atom is -0.339 e. The number of hydrogen-bond acceptors (Lipinski definition) is 5. The number of carbonyl (C=O) groups is 1. The van der Waals surface area contributed by atoms with Crippen LogP contribution in [0.1, 0.15) is 26.2 Å². The van der Waals surface area contributed by atoms with Gasteiger partial charge in [0.1, 0.15) is 10.6 Å². The molecule has 28 heavy (non-hydrogen) atoms. The third-order valence-corrected chi connectivity index (χ3v) is 8.96. The number of carbonyl (C=O) groups excluding carboxylic acids is 1. The van der Waals surface area contributed by atoms with Crippen LogP contribution < -0.4 is 0 Å². The second-order valence-corrected chi connectivity index (χ2v) is 11.5. The van der Waals surface area contributed by atoms with E-state index in [1.807, 2.05) is 6.92 Å². The summed E-state index contributed by atoms with van der Waals surface area (Å²) < 4.78 is 51.0. The zero-order valence-corrected chi connectivity index (χ0v) is 18.7. The summed E-state index contributed by atoms with van der Waals surface area (Å²) in [5.41, 5.74) is 0. The molecule has 0 saturated carbocycles. The predicted octanol–water partition coefficient (Wildman–Crippen LogP) is 2.43. The van der Waals surface area contributed by atoms with Gasteiger partial charge in [0.2, 0.25) is 15.9 Å². The molecule has 2 rings (SSSR count). The van der Waals surface area contributed by atoms with E-state index in [2.05, 4.69) is 0 Å². The largest absolute Gasteiger partial charge is 0.339 e. The van der Waals surface area contributed by atoms with Gasteiger partial charge in [-0.05, 0) is 18.6 Å². The van der Waals surface area contributed by atoms with Gasteiger partial charge in [-0.3, -0.25) is 4.79 Å². The molecular weight excluding hydrogens is 447 g/mol. The standard InChI is InChI=1S/C17H24Cl2N2O5S2/c1-2-3-4-12-27(23,24)13-16(22)20-8-10-21(11-9-20)28(25,26)17-14(18)6-5-7-15(17)19/h5-7H,2-4,8-13H2,1H3. The highest BCUT2D eigenvalue weighted by molar-refractivity contribution is 7.92. The number of sulfonamides is 1. The number of nitrogens with zero attached hydrogens (tertiary/aromatic N) is 2. The fourth-order valence-corrected chi connectivity index (χ4v) is 6.82.